The molecule has 0 radical (unpaired) electrons. The summed E-state index contributed by atoms with van der Waals surface area (Å²) in [6, 6.07) is 4.35. The van der Waals surface area contributed by atoms with Crippen LogP contribution >= 0.6 is 12.4 Å². The Morgan fingerprint density at radius 3 is 2.77 bits per heavy atom. The second kappa shape index (κ2) is 7.65. The van der Waals surface area contributed by atoms with Gasteiger partial charge in [-0.3, -0.25) is 4.79 Å². The summed E-state index contributed by atoms with van der Waals surface area (Å²) < 4.78 is 5.62. The molecule has 3 N–H and O–H groups in total. The normalized spacial score (nSPS) is 13.0. The highest BCUT2D eigenvalue weighted by atomic mass is 35.5. The summed E-state index contributed by atoms with van der Waals surface area (Å²) in [6.45, 7) is 1.37. The summed E-state index contributed by atoms with van der Waals surface area (Å²) in [5.41, 5.74) is 10.1. The van der Waals surface area contributed by atoms with E-state index in [1.54, 1.807) is 6.26 Å². The number of furan rings is 1. The number of nitrogens with two attached hydrogens (primary N) is 1. The minimum absolute atomic E-state index is 0. The van der Waals surface area contributed by atoms with Crippen molar-refractivity contribution < 1.29 is 9.21 Å². The highest BCUT2D eigenvalue weighted by Crippen LogP contribution is 2.30. The fourth-order valence-electron chi connectivity index (χ4n) is 3.02. The van der Waals surface area contributed by atoms with E-state index in [0.29, 0.717) is 19.5 Å². The average Bonchev–Trinajstić information content (AvgIpc) is 3.08. The molecular weight excluding hydrogens is 300 g/mol. The molecule has 0 saturated heterocycles. The monoisotopic (exact) mass is 322 g/mol. The lowest BCUT2D eigenvalue weighted by atomic mass is 10.0. The molecule has 0 fully saturated rings. The second-order valence-electron chi connectivity index (χ2n) is 5.75. The first-order valence-corrected chi connectivity index (χ1v) is 7.76. The first-order valence-electron chi connectivity index (χ1n) is 7.76. The molecule has 1 aromatic carbocycles. The largest absolute Gasteiger partial charge is 0.464 e. The Labute approximate surface area is 136 Å². The third-order valence-corrected chi connectivity index (χ3v) is 4.17. The Hall–Kier alpha value is -1.52. The SMILES string of the molecule is Cl.NCCCCNC(=O)Cc1coc2cc3c(cc12)CCC3. The van der Waals surface area contributed by atoms with Crippen molar-refractivity contribution in [2.24, 2.45) is 5.73 Å². The molecule has 1 aliphatic rings. The van der Waals surface area contributed by atoms with Gasteiger partial charge >= 0.3 is 0 Å². The molecule has 3 rings (SSSR count). The molecule has 22 heavy (non-hydrogen) atoms. The van der Waals surface area contributed by atoms with Gasteiger partial charge in [-0.05, 0) is 61.9 Å². The van der Waals surface area contributed by atoms with Crippen molar-refractivity contribution in [2.75, 3.05) is 13.1 Å². The van der Waals surface area contributed by atoms with Crippen LogP contribution < -0.4 is 11.1 Å². The lowest BCUT2D eigenvalue weighted by molar-refractivity contribution is -0.120. The Morgan fingerprint density at radius 2 is 2.00 bits per heavy atom. The standard InChI is InChI=1S/C17H22N2O2.ClH/c18-6-1-2-7-19-17(20)10-14-11-21-16-9-13-5-3-4-12(13)8-15(14)16;/h8-9,11H,1-7,10,18H2,(H,19,20);1H. The zero-order chi connectivity index (χ0) is 14.7. The van der Waals surface area contributed by atoms with Crippen molar-refractivity contribution >= 4 is 29.3 Å². The number of hydrogen-bond acceptors (Lipinski definition) is 3. The molecule has 0 bridgehead atoms. The van der Waals surface area contributed by atoms with Crippen molar-refractivity contribution in [1.82, 2.24) is 5.32 Å². The zero-order valence-corrected chi connectivity index (χ0v) is 13.5. The van der Waals surface area contributed by atoms with Crippen molar-refractivity contribution in [3.05, 3.63) is 35.1 Å². The number of unbranched alkanes of at least 4 members (excludes halogenated alkanes) is 1. The summed E-state index contributed by atoms with van der Waals surface area (Å²) in [7, 11) is 0. The summed E-state index contributed by atoms with van der Waals surface area (Å²) in [6.07, 6.45) is 7.49. The number of benzene rings is 1. The van der Waals surface area contributed by atoms with Gasteiger partial charge in [0.15, 0.2) is 0 Å². The Balaban J connectivity index is 0.00000176. The minimum Gasteiger partial charge on any atom is -0.464 e. The van der Waals surface area contributed by atoms with Gasteiger partial charge in [0.05, 0.1) is 12.7 Å². The van der Waals surface area contributed by atoms with E-state index >= 15 is 0 Å². The molecule has 1 aliphatic carbocycles. The maximum Gasteiger partial charge on any atom is 0.224 e. The molecule has 0 aliphatic heterocycles. The van der Waals surface area contributed by atoms with E-state index in [-0.39, 0.29) is 18.3 Å². The van der Waals surface area contributed by atoms with Crippen LogP contribution in [0.15, 0.2) is 22.8 Å². The molecule has 2 aromatic rings. The number of rotatable bonds is 6. The number of hydrogen-bond donors (Lipinski definition) is 2. The van der Waals surface area contributed by atoms with E-state index in [4.69, 9.17) is 10.2 Å². The van der Waals surface area contributed by atoms with E-state index in [0.717, 1.165) is 42.2 Å². The fourth-order valence-corrected chi connectivity index (χ4v) is 3.02. The van der Waals surface area contributed by atoms with E-state index in [1.165, 1.54) is 17.5 Å². The van der Waals surface area contributed by atoms with Crippen molar-refractivity contribution in [2.45, 2.75) is 38.5 Å². The van der Waals surface area contributed by atoms with Crippen molar-refractivity contribution in [3.63, 3.8) is 0 Å². The molecular formula is C17H23ClN2O2. The van der Waals surface area contributed by atoms with Gasteiger partial charge in [0.1, 0.15) is 5.58 Å². The minimum atomic E-state index is 0. The maximum absolute atomic E-state index is 12.0. The molecule has 120 valence electrons. The first-order chi connectivity index (χ1) is 10.3. The van der Waals surface area contributed by atoms with Crippen LogP contribution in [0.4, 0.5) is 0 Å². The predicted octanol–water partition coefficient (Wildman–Crippen LogP) is 2.74. The second-order valence-corrected chi connectivity index (χ2v) is 5.75. The van der Waals surface area contributed by atoms with Crippen LogP contribution in [0.2, 0.25) is 0 Å². The third kappa shape index (κ3) is 3.62. The number of halogens is 1. The van der Waals surface area contributed by atoms with Crippen LogP contribution in [0, 0.1) is 0 Å². The molecule has 1 amide bonds. The lowest BCUT2D eigenvalue weighted by Gasteiger charge is -2.04. The van der Waals surface area contributed by atoms with Gasteiger partial charge in [0, 0.05) is 17.5 Å². The molecule has 0 unspecified atom stereocenters. The van der Waals surface area contributed by atoms with Gasteiger partial charge in [-0.25, -0.2) is 0 Å². The molecule has 1 aromatic heterocycles. The molecule has 0 atom stereocenters. The number of carbonyl (C=O) groups is 1. The molecule has 4 nitrogen and oxygen atoms in total. The van der Waals surface area contributed by atoms with Crippen LogP contribution in [0.1, 0.15) is 36.0 Å². The van der Waals surface area contributed by atoms with Crippen LogP contribution in [0.3, 0.4) is 0 Å². The van der Waals surface area contributed by atoms with Gasteiger partial charge in [-0.15, -0.1) is 12.4 Å². The molecule has 5 heteroatoms. The highest BCUT2D eigenvalue weighted by Gasteiger charge is 2.16. The van der Waals surface area contributed by atoms with E-state index in [2.05, 4.69) is 17.4 Å². The van der Waals surface area contributed by atoms with E-state index < -0.39 is 0 Å². The summed E-state index contributed by atoms with van der Waals surface area (Å²) in [4.78, 5) is 12.0. The number of nitrogens with one attached hydrogen (secondary N) is 1. The van der Waals surface area contributed by atoms with Crippen molar-refractivity contribution in [1.29, 1.82) is 0 Å². The Kier molecular flexibility index (Phi) is 5.86. The third-order valence-electron chi connectivity index (χ3n) is 4.17. The maximum atomic E-state index is 12.0. The number of fused-ring (bicyclic) bond motifs is 2. The number of aryl methyl sites for hydroxylation is 2. The smallest absolute Gasteiger partial charge is 0.224 e. The average molecular weight is 323 g/mol. The highest BCUT2D eigenvalue weighted by molar-refractivity contribution is 5.88. The van der Waals surface area contributed by atoms with Gasteiger partial charge in [0.2, 0.25) is 5.91 Å². The Morgan fingerprint density at radius 1 is 1.23 bits per heavy atom. The summed E-state index contributed by atoms with van der Waals surface area (Å²) >= 11 is 0. The summed E-state index contributed by atoms with van der Waals surface area (Å²) in [5, 5.41) is 4.03. The van der Waals surface area contributed by atoms with Gasteiger partial charge in [0.25, 0.3) is 0 Å². The van der Waals surface area contributed by atoms with Gasteiger partial charge < -0.3 is 15.5 Å². The van der Waals surface area contributed by atoms with E-state index in [1.807, 2.05) is 0 Å². The number of carbonyl (C=O) groups excluding carboxylic acids is 1. The van der Waals surface area contributed by atoms with Crippen LogP contribution in [-0.2, 0) is 24.1 Å². The van der Waals surface area contributed by atoms with Gasteiger partial charge in [-0.2, -0.15) is 0 Å². The Bertz CT molecular complexity index is 651. The first kappa shape index (κ1) is 16.8. The summed E-state index contributed by atoms with van der Waals surface area (Å²) in [5.74, 6) is 0.0511. The van der Waals surface area contributed by atoms with Crippen molar-refractivity contribution in [3.8, 4) is 0 Å². The predicted molar refractivity (Wildman–Crippen MR) is 90.5 cm³/mol. The van der Waals surface area contributed by atoms with Crippen LogP contribution in [0.5, 0.6) is 0 Å². The lowest BCUT2D eigenvalue weighted by Crippen LogP contribution is -2.26. The fraction of sp³-hybridized carbons (Fsp3) is 0.471. The quantitative estimate of drug-likeness (QED) is 0.803. The topological polar surface area (TPSA) is 68.3 Å². The molecule has 0 spiro atoms. The van der Waals surface area contributed by atoms with E-state index in [9.17, 15) is 4.79 Å². The molecule has 0 saturated carbocycles. The zero-order valence-electron chi connectivity index (χ0n) is 12.7. The van der Waals surface area contributed by atoms with Gasteiger partial charge in [-0.1, -0.05) is 0 Å². The molecule has 1 heterocycles. The van der Waals surface area contributed by atoms with Crippen LogP contribution in [-0.4, -0.2) is 19.0 Å². The number of amides is 1. The van der Waals surface area contributed by atoms with Crippen LogP contribution in [0.25, 0.3) is 11.0 Å².